The maximum atomic E-state index is 12.3. The van der Waals surface area contributed by atoms with Crippen molar-refractivity contribution < 1.29 is 14.3 Å². The third kappa shape index (κ3) is 5.01. The molecule has 2 aromatic carbocycles. The number of methoxy groups -OCH3 is 1. The summed E-state index contributed by atoms with van der Waals surface area (Å²) in [5.41, 5.74) is 1.38. The minimum absolute atomic E-state index is 0.213. The number of ether oxygens (including phenoxy) is 1. The van der Waals surface area contributed by atoms with Gasteiger partial charge in [0.05, 0.1) is 17.7 Å². The second kappa shape index (κ2) is 9.05. The molecule has 3 aromatic rings. The van der Waals surface area contributed by atoms with Crippen LogP contribution in [-0.4, -0.2) is 23.9 Å². The lowest BCUT2D eigenvalue weighted by Crippen LogP contribution is -2.23. The summed E-state index contributed by atoms with van der Waals surface area (Å²) in [5, 5.41) is 7.94. The summed E-state index contributed by atoms with van der Waals surface area (Å²) in [6.45, 7) is 0.329. The van der Waals surface area contributed by atoms with Crippen LogP contribution in [0.2, 0.25) is 10.0 Å². The van der Waals surface area contributed by atoms with Crippen LogP contribution in [0.5, 0.6) is 5.75 Å². The Hall–Kier alpha value is -2.61. The molecule has 9 heteroatoms. The van der Waals surface area contributed by atoms with Crippen LogP contribution in [0.4, 0.5) is 5.13 Å². The first kappa shape index (κ1) is 20.1. The number of benzene rings is 2. The van der Waals surface area contributed by atoms with Crippen molar-refractivity contribution in [2.75, 3.05) is 12.4 Å². The minimum atomic E-state index is -0.431. The Bertz CT molecular complexity index is 1020. The Morgan fingerprint density at radius 1 is 1.14 bits per heavy atom. The highest BCUT2D eigenvalue weighted by molar-refractivity contribution is 7.14. The standard InChI is InChI=1S/C19H15Cl2N3O3S/c1-27-13-4-2-3-11(7-13)9-22-18(26)16-10-28-19(23-16)24-17(25)14-6-5-12(20)8-15(14)21/h2-8,10H,9H2,1H3,(H,22,26)(H,23,24,25). The summed E-state index contributed by atoms with van der Waals surface area (Å²) < 4.78 is 5.16. The van der Waals surface area contributed by atoms with E-state index in [1.54, 1.807) is 18.6 Å². The van der Waals surface area contributed by atoms with E-state index in [-0.39, 0.29) is 22.2 Å². The van der Waals surface area contributed by atoms with Crippen molar-refractivity contribution in [3.05, 3.63) is 74.7 Å². The number of carbonyl (C=O) groups excluding carboxylic acids is 2. The van der Waals surface area contributed by atoms with Gasteiger partial charge in [-0.2, -0.15) is 0 Å². The lowest BCUT2D eigenvalue weighted by molar-refractivity contribution is 0.0945. The molecule has 0 unspecified atom stereocenters. The van der Waals surface area contributed by atoms with Crippen molar-refractivity contribution in [2.24, 2.45) is 0 Å². The number of nitrogens with zero attached hydrogens (tertiary/aromatic N) is 1. The van der Waals surface area contributed by atoms with E-state index in [0.717, 1.165) is 16.9 Å². The Morgan fingerprint density at radius 2 is 1.96 bits per heavy atom. The Morgan fingerprint density at radius 3 is 2.71 bits per heavy atom. The molecule has 0 saturated heterocycles. The number of thiazole rings is 1. The third-order valence-corrected chi connectivity index (χ3v) is 5.03. The van der Waals surface area contributed by atoms with Gasteiger partial charge in [0.2, 0.25) is 0 Å². The van der Waals surface area contributed by atoms with Crippen LogP contribution in [0.25, 0.3) is 0 Å². The van der Waals surface area contributed by atoms with Gasteiger partial charge in [0.25, 0.3) is 11.8 Å². The summed E-state index contributed by atoms with van der Waals surface area (Å²) in [5.74, 6) is -0.0604. The van der Waals surface area contributed by atoms with Crippen LogP contribution in [0.15, 0.2) is 47.8 Å². The van der Waals surface area contributed by atoms with E-state index in [1.165, 1.54) is 12.1 Å². The van der Waals surface area contributed by atoms with E-state index in [9.17, 15) is 9.59 Å². The first-order valence-corrected chi connectivity index (χ1v) is 9.73. The molecule has 0 spiro atoms. The maximum Gasteiger partial charge on any atom is 0.271 e. The van der Waals surface area contributed by atoms with Gasteiger partial charge in [0.1, 0.15) is 11.4 Å². The van der Waals surface area contributed by atoms with Gasteiger partial charge in [0, 0.05) is 16.9 Å². The molecule has 0 fully saturated rings. The molecule has 2 amide bonds. The molecule has 0 aliphatic carbocycles. The average Bonchev–Trinajstić information content (AvgIpc) is 3.14. The van der Waals surface area contributed by atoms with E-state index < -0.39 is 5.91 Å². The number of carbonyl (C=O) groups is 2. The topological polar surface area (TPSA) is 80.3 Å². The lowest BCUT2D eigenvalue weighted by Gasteiger charge is -2.06. The molecule has 0 saturated carbocycles. The molecule has 0 radical (unpaired) electrons. The number of halogens is 2. The van der Waals surface area contributed by atoms with Gasteiger partial charge >= 0.3 is 0 Å². The molecule has 0 aliphatic rings. The van der Waals surface area contributed by atoms with E-state index in [2.05, 4.69) is 15.6 Å². The molecule has 3 rings (SSSR count). The zero-order valence-electron chi connectivity index (χ0n) is 14.7. The molecule has 2 N–H and O–H groups in total. The van der Waals surface area contributed by atoms with Crippen molar-refractivity contribution in [1.29, 1.82) is 0 Å². The van der Waals surface area contributed by atoms with Crippen molar-refractivity contribution in [1.82, 2.24) is 10.3 Å². The number of nitrogens with one attached hydrogen (secondary N) is 2. The number of amides is 2. The van der Waals surface area contributed by atoms with Gasteiger partial charge in [0.15, 0.2) is 5.13 Å². The fourth-order valence-electron chi connectivity index (χ4n) is 2.33. The van der Waals surface area contributed by atoms with Crippen LogP contribution in [0.1, 0.15) is 26.4 Å². The molecule has 1 aromatic heterocycles. The number of anilines is 1. The minimum Gasteiger partial charge on any atom is -0.497 e. The predicted molar refractivity (Wildman–Crippen MR) is 111 cm³/mol. The highest BCUT2D eigenvalue weighted by Gasteiger charge is 2.15. The summed E-state index contributed by atoms with van der Waals surface area (Å²) in [4.78, 5) is 28.7. The SMILES string of the molecule is COc1cccc(CNC(=O)c2csc(NC(=O)c3ccc(Cl)cc3Cl)n2)c1. The van der Waals surface area contributed by atoms with Crippen molar-refractivity contribution >= 4 is 51.5 Å². The first-order chi connectivity index (χ1) is 13.5. The quantitative estimate of drug-likeness (QED) is 0.590. The second-order valence-electron chi connectivity index (χ2n) is 5.65. The number of hydrogen-bond acceptors (Lipinski definition) is 5. The summed E-state index contributed by atoms with van der Waals surface area (Å²) in [7, 11) is 1.58. The van der Waals surface area contributed by atoms with Crippen LogP contribution in [-0.2, 0) is 6.54 Å². The van der Waals surface area contributed by atoms with Crippen molar-refractivity contribution in [2.45, 2.75) is 6.54 Å². The van der Waals surface area contributed by atoms with Crippen LogP contribution < -0.4 is 15.4 Å². The fraction of sp³-hybridized carbons (Fsp3) is 0.105. The lowest BCUT2D eigenvalue weighted by atomic mass is 10.2. The normalized spacial score (nSPS) is 10.4. The highest BCUT2D eigenvalue weighted by Crippen LogP contribution is 2.23. The molecule has 6 nitrogen and oxygen atoms in total. The smallest absolute Gasteiger partial charge is 0.271 e. The molecular formula is C19H15Cl2N3O3S. The third-order valence-electron chi connectivity index (χ3n) is 3.72. The van der Waals surface area contributed by atoms with Crippen LogP contribution >= 0.6 is 34.5 Å². The summed E-state index contributed by atoms with van der Waals surface area (Å²) in [6, 6.07) is 12.0. The zero-order valence-corrected chi connectivity index (χ0v) is 17.0. The first-order valence-electron chi connectivity index (χ1n) is 8.09. The molecular weight excluding hydrogens is 421 g/mol. The second-order valence-corrected chi connectivity index (χ2v) is 7.35. The van der Waals surface area contributed by atoms with Gasteiger partial charge in [-0.1, -0.05) is 35.3 Å². The Labute approximate surface area is 175 Å². The number of aromatic nitrogens is 1. The monoisotopic (exact) mass is 435 g/mol. The van der Waals surface area contributed by atoms with Gasteiger partial charge in [-0.05, 0) is 35.9 Å². The van der Waals surface area contributed by atoms with Gasteiger partial charge in [-0.15, -0.1) is 11.3 Å². The average molecular weight is 436 g/mol. The summed E-state index contributed by atoms with van der Waals surface area (Å²) in [6.07, 6.45) is 0. The molecule has 0 bridgehead atoms. The maximum absolute atomic E-state index is 12.3. The molecule has 0 aliphatic heterocycles. The molecule has 1 heterocycles. The molecule has 144 valence electrons. The van der Waals surface area contributed by atoms with Gasteiger partial charge < -0.3 is 10.1 Å². The highest BCUT2D eigenvalue weighted by atomic mass is 35.5. The van der Waals surface area contributed by atoms with E-state index in [4.69, 9.17) is 27.9 Å². The summed E-state index contributed by atoms with van der Waals surface area (Å²) >= 11 is 13.0. The largest absolute Gasteiger partial charge is 0.497 e. The van der Waals surface area contributed by atoms with Crippen LogP contribution in [0.3, 0.4) is 0 Å². The molecule has 28 heavy (non-hydrogen) atoms. The van der Waals surface area contributed by atoms with E-state index in [0.29, 0.717) is 22.4 Å². The Balaban J connectivity index is 1.61. The van der Waals surface area contributed by atoms with Crippen molar-refractivity contribution in [3.63, 3.8) is 0 Å². The van der Waals surface area contributed by atoms with E-state index >= 15 is 0 Å². The number of hydrogen-bond donors (Lipinski definition) is 2. The number of rotatable bonds is 6. The Kier molecular flexibility index (Phi) is 6.51. The van der Waals surface area contributed by atoms with Gasteiger partial charge in [-0.3, -0.25) is 14.9 Å². The van der Waals surface area contributed by atoms with E-state index in [1.807, 2.05) is 24.3 Å². The zero-order chi connectivity index (χ0) is 20.1. The fourth-order valence-corrected chi connectivity index (χ4v) is 3.51. The molecule has 0 atom stereocenters. The predicted octanol–water partition coefficient (Wildman–Crippen LogP) is 4.64. The van der Waals surface area contributed by atoms with Crippen LogP contribution in [0, 0.1) is 0 Å². The van der Waals surface area contributed by atoms with Gasteiger partial charge in [-0.25, -0.2) is 4.98 Å². The van der Waals surface area contributed by atoms with Crippen molar-refractivity contribution in [3.8, 4) is 5.75 Å².